The molecule has 0 spiro atoms. The van der Waals surface area contributed by atoms with Crippen molar-refractivity contribution in [1.82, 2.24) is 5.48 Å². The van der Waals surface area contributed by atoms with E-state index in [0.29, 0.717) is 19.6 Å². The predicted octanol–water partition coefficient (Wildman–Crippen LogP) is 1.14. The molecule has 5 heteroatoms. The van der Waals surface area contributed by atoms with Gasteiger partial charge in [-0.25, -0.2) is 13.9 Å². The Kier molecular flexibility index (Phi) is 5.45. The zero-order valence-corrected chi connectivity index (χ0v) is 10.2. The van der Waals surface area contributed by atoms with Gasteiger partial charge in [0.1, 0.15) is 9.84 Å². The van der Waals surface area contributed by atoms with Crippen LogP contribution in [0.15, 0.2) is 30.3 Å². The van der Waals surface area contributed by atoms with Crippen LogP contribution in [-0.4, -0.2) is 27.0 Å². The van der Waals surface area contributed by atoms with Crippen LogP contribution in [0.3, 0.4) is 0 Å². The SMILES string of the molecule is CS(=O)(=O)CCCNOCc1ccccc1. The van der Waals surface area contributed by atoms with Gasteiger partial charge < -0.3 is 0 Å². The van der Waals surface area contributed by atoms with Crippen molar-refractivity contribution in [2.75, 3.05) is 18.6 Å². The van der Waals surface area contributed by atoms with Gasteiger partial charge in [0.05, 0.1) is 12.4 Å². The van der Waals surface area contributed by atoms with Crippen molar-refractivity contribution in [3.05, 3.63) is 35.9 Å². The van der Waals surface area contributed by atoms with E-state index in [1.165, 1.54) is 6.26 Å². The molecule has 0 unspecified atom stereocenters. The highest BCUT2D eigenvalue weighted by Crippen LogP contribution is 1.98. The lowest BCUT2D eigenvalue weighted by Crippen LogP contribution is -2.18. The molecule has 0 aliphatic rings. The Labute approximate surface area is 96.5 Å². The Morgan fingerprint density at radius 3 is 2.56 bits per heavy atom. The molecular formula is C11H17NO3S. The minimum absolute atomic E-state index is 0.189. The van der Waals surface area contributed by atoms with Gasteiger partial charge >= 0.3 is 0 Å². The van der Waals surface area contributed by atoms with Gasteiger partial charge in [0, 0.05) is 12.8 Å². The fraction of sp³-hybridized carbons (Fsp3) is 0.455. The molecule has 0 aliphatic heterocycles. The first-order chi connectivity index (χ1) is 7.58. The first-order valence-corrected chi connectivity index (χ1v) is 7.20. The highest BCUT2D eigenvalue weighted by molar-refractivity contribution is 7.90. The first kappa shape index (κ1) is 13.2. The van der Waals surface area contributed by atoms with Gasteiger partial charge in [0.2, 0.25) is 0 Å². The number of nitrogens with one attached hydrogen (secondary N) is 1. The van der Waals surface area contributed by atoms with Gasteiger partial charge in [-0.3, -0.25) is 4.84 Å². The Bertz CT molecular complexity index is 389. The average Bonchev–Trinajstić information content (AvgIpc) is 2.23. The number of hydroxylamine groups is 1. The van der Waals surface area contributed by atoms with Crippen molar-refractivity contribution in [1.29, 1.82) is 0 Å². The maximum atomic E-state index is 10.8. The molecule has 0 amide bonds. The minimum atomic E-state index is -2.86. The van der Waals surface area contributed by atoms with E-state index < -0.39 is 9.84 Å². The summed E-state index contributed by atoms with van der Waals surface area (Å²) in [6.07, 6.45) is 1.80. The summed E-state index contributed by atoms with van der Waals surface area (Å²) < 4.78 is 21.6. The molecule has 0 aliphatic carbocycles. The molecule has 1 rings (SSSR count). The lowest BCUT2D eigenvalue weighted by atomic mass is 10.2. The summed E-state index contributed by atoms with van der Waals surface area (Å²) in [6.45, 7) is 1.03. The summed E-state index contributed by atoms with van der Waals surface area (Å²) in [4.78, 5) is 5.19. The third-order valence-corrected chi connectivity index (χ3v) is 3.01. The van der Waals surface area contributed by atoms with E-state index in [1.54, 1.807) is 0 Å². The van der Waals surface area contributed by atoms with E-state index >= 15 is 0 Å². The van der Waals surface area contributed by atoms with Crippen LogP contribution in [0.25, 0.3) is 0 Å². The summed E-state index contributed by atoms with van der Waals surface area (Å²) in [5, 5.41) is 0. The normalized spacial score (nSPS) is 11.6. The lowest BCUT2D eigenvalue weighted by Gasteiger charge is -2.05. The van der Waals surface area contributed by atoms with E-state index in [2.05, 4.69) is 5.48 Å². The van der Waals surface area contributed by atoms with Gasteiger partial charge in [-0.15, -0.1) is 0 Å². The fourth-order valence-corrected chi connectivity index (χ4v) is 1.86. The van der Waals surface area contributed by atoms with Crippen LogP contribution in [0.1, 0.15) is 12.0 Å². The monoisotopic (exact) mass is 243 g/mol. The third-order valence-electron chi connectivity index (χ3n) is 1.98. The summed E-state index contributed by atoms with van der Waals surface area (Å²) in [7, 11) is -2.86. The molecule has 4 nitrogen and oxygen atoms in total. The Morgan fingerprint density at radius 1 is 1.25 bits per heavy atom. The third kappa shape index (κ3) is 6.55. The summed E-state index contributed by atoms with van der Waals surface area (Å²) in [6, 6.07) is 9.78. The molecule has 0 aromatic heterocycles. The Hall–Kier alpha value is -0.910. The van der Waals surface area contributed by atoms with Crippen molar-refractivity contribution in [2.45, 2.75) is 13.0 Å². The second-order valence-corrected chi connectivity index (χ2v) is 5.91. The molecule has 1 aromatic rings. The second-order valence-electron chi connectivity index (χ2n) is 3.65. The smallest absolute Gasteiger partial charge is 0.147 e. The van der Waals surface area contributed by atoms with E-state index in [1.807, 2.05) is 30.3 Å². The molecule has 0 saturated heterocycles. The van der Waals surface area contributed by atoms with Crippen LogP contribution in [0.5, 0.6) is 0 Å². The molecule has 16 heavy (non-hydrogen) atoms. The predicted molar refractivity (Wildman–Crippen MR) is 63.6 cm³/mol. The number of benzene rings is 1. The highest BCUT2D eigenvalue weighted by Gasteiger charge is 2.00. The topological polar surface area (TPSA) is 55.4 Å². The van der Waals surface area contributed by atoms with Gasteiger partial charge in [-0.1, -0.05) is 30.3 Å². The van der Waals surface area contributed by atoms with E-state index in [0.717, 1.165) is 5.56 Å². The van der Waals surface area contributed by atoms with E-state index in [9.17, 15) is 8.42 Å². The highest BCUT2D eigenvalue weighted by atomic mass is 32.2. The van der Waals surface area contributed by atoms with E-state index in [-0.39, 0.29) is 5.75 Å². The van der Waals surface area contributed by atoms with Crippen LogP contribution in [0.2, 0.25) is 0 Å². The molecule has 0 fully saturated rings. The van der Waals surface area contributed by atoms with Crippen LogP contribution >= 0.6 is 0 Å². The average molecular weight is 243 g/mol. The summed E-state index contributed by atoms with van der Waals surface area (Å²) >= 11 is 0. The number of rotatable bonds is 7. The Morgan fingerprint density at radius 2 is 1.94 bits per heavy atom. The minimum Gasteiger partial charge on any atom is -0.297 e. The van der Waals surface area contributed by atoms with Crippen molar-refractivity contribution < 1.29 is 13.3 Å². The first-order valence-electron chi connectivity index (χ1n) is 5.14. The summed E-state index contributed by atoms with van der Waals surface area (Å²) in [5.74, 6) is 0.189. The van der Waals surface area contributed by atoms with Gasteiger partial charge in [-0.2, -0.15) is 0 Å². The molecular weight excluding hydrogens is 226 g/mol. The number of hydrogen-bond acceptors (Lipinski definition) is 4. The van der Waals surface area contributed by atoms with Crippen LogP contribution in [0, 0.1) is 0 Å². The van der Waals surface area contributed by atoms with Crippen molar-refractivity contribution in [3.63, 3.8) is 0 Å². The van der Waals surface area contributed by atoms with E-state index in [4.69, 9.17) is 4.84 Å². The molecule has 0 bridgehead atoms. The zero-order chi connectivity index (χ0) is 11.9. The van der Waals surface area contributed by atoms with Gasteiger partial charge in [0.25, 0.3) is 0 Å². The van der Waals surface area contributed by atoms with Crippen LogP contribution in [0.4, 0.5) is 0 Å². The second kappa shape index (κ2) is 6.62. The van der Waals surface area contributed by atoms with Gasteiger partial charge in [0.15, 0.2) is 0 Å². The summed E-state index contributed by atoms with van der Waals surface area (Å²) in [5.41, 5.74) is 3.82. The Balaban J connectivity index is 2.05. The molecule has 1 aromatic carbocycles. The molecule has 90 valence electrons. The quantitative estimate of drug-likeness (QED) is 0.576. The van der Waals surface area contributed by atoms with Crippen LogP contribution < -0.4 is 5.48 Å². The van der Waals surface area contributed by atoms with Gasteiger partial charge in [-0.05, 0) is 12.0 Å². The molecule has 0 radical (unpaired) electrons. The lowest BCUT2D eigenvalue weighted by molar-refractivity contribution is 0.0284. The maximum Gasteiger partial charge on any atom is 0.147 e. The maximum absolute atomic E-state index is 10.8. The van der Waals surface area contributed by atoms with Crippen molar-refractivity contribution in [2.24, 2.45) is 0 Å². The standard InChI is InChI=1S/C11H17NO3S/c1-16(13,14)9-5-8-12-15-10-11-6-3-2-4-7-11/h2-4,6-7,12H,5,8-10H2,1H3. The molecule has 1 N–H and O–H groups in total. The number of sulfone groups is 1. The van der Waals surface area contributed by atoms with Crippen LogP contribution in [-0.2, 0) is 21.3 Å². The van der Waals surface area contributed by atoms with Crippen molar-refractivity contribution in [3.8, 4) is 0 Å². The fourth-order valence-electron chi connectivity index (χ4n) is 1.19. The number of hydrogen-bond donors (Lipinski definition) is 1. The molecule has 0 atom stereocenters. The molecule has 0 heterocycles. The van der Waals surface area contributed by atoms with Crippen molar-refractivity contribution >= 4 is 9.84 Å². The molecule has 0 saturated carbocycles. The largest absolute Gasteiger partial charge is 0.297 e. The zero-order valence-electron chi connectivity index (χ0n) is 9.35.